The lowest BCUT2D eigenvalue weighted by molar-refractivity contribution is 0.521. The number of sulfonamides is 1. The molecule has 0 atom stereocenters. The fourth-order valence-electron chi connectivity index (χ4n) is 2.86. The third-order valence-corrected chi connectivity index (χ3v) is 7.05. The van der Waals surface area contributed by atoms with Gasteiger partial charge in [-0.1, -0.05) is 24.8 Å². The molecule has 0 unspecified atom stereocenters. The summed E-state index contributed by atoms with van der Waals surface area (Å²) in [6.45, 7) is 7.31. The molecule has 0 aliphatic rings. The van der Waals surface area contributed by atoms with Crippen LogP contribution in [0.15, 0.2) is 47.2 Å². The van der Waals surface area contributed by atoms with E-state index in [9.17, 15) is 8.42 Å². The minimum atomic E-state index is -3.50. The van der Waals surface area contributed by atoms with Crippen molar-refractivity contribution < 1.29 is 8.42 Å². The Hall–Kier alpha value is -2.17. The van der Waals surface area contributed by atoms with Crippen molar-refractivity contribution in [1.29, 1.82) is 0 Å². The zero-order valence-corrected chi connectivity index (χ0v) is 17.9. The minimum Gasteiger partial charge on any atom is -0.327 e. The number of aryl methyl sites for hydroxylation is 1. The van der Waals surface area contributed by atoms with Gasteiger partial charge in [-0.25, -0.2) is 17.7 Å². The number of hydrogen-bond acceptors (Lipinski definition) is 6. The van der Waals surface area contributed by atoms with Crippen molar-refractivity contribution in [3.63, 3.8) is 0 Å². The van der Waals surface area contributed by atoms with Crippen molar-refractivity contribution in [2.24, 2.45) is 0 Å². The first-order valence-electron chi connectivity index (χ1n) is 8.91. The van der Waals surface area contributed by atoms with Crippen LogP contribution in [0, 0.1) is 0 Å². The van der Waals surface area contributed by atoms with Gasteiger partial charge in [-0.05, 0) is 24.6 Å². The molecule has 0 aliphatic carbocycles. The van der Waals surface area contributed by atoms with Crippen LogP contribution < -0.4 is 0 Å². The summed E-state index contributed by atoms with van der Waals surface area (Å²) in [6.07, 6.45) is 4.43. The van der Waals surface area contributed by atoms with Crippen LogP contribution in [0.2, 0.25) is 0 Å². The molecule has 0 aliphatic heterocycles. The molecule has 2 heterocycles. The maximum atomic E-state index is 12.4. The van der Waals surface area contributed by atoms with E-state index >= 15 is 0 Å². The molecular formula is C18H24N6O2S2. The quantitative estimate of drug-likeness (QED) is 0.391. The molecule has 3 aromatic rings. The van der Waals surface area contributed by atoms with Crippen molar-refractivity contribution in [2.45, 2.75) is 42.2 Å². The van der Waals surface area contributed by atoms with E-state index in [-0.39, 0.29) is 4.90 Å². The van der Waals surface area contributed by atoms with Crippen LogP contribution in [0.3, 0.4) is 0 Å². The van der Waals surface area contributed by atoms with Crippen LogP contribution in [0.1, 0.15) is 19.2 Å². The zero-order valence-electron chi connectivity index (χ0n) is 16.2. The molecule has 0 fully saturated rings. The second-order valence-electron chi connectivity index (χ2n) is 6.46. The van der Waals surface area contributed by atoms with Crippen molar-refractivity contribution in [3.8, 4) is 0 Å². The molecule has 0 saturated heterocycles. The highest BCUT2D eigenvalue weighted by Gasteiger charge is 2.20. The number of imidazole rings is 1. The molecule has 10 heteroatoms. The van der Waals surface area contributed by atoms with E-state index in [0.717, 1.165) is 29.5 Å². The van der Waals surface area contributed by atoms with Gasteiger partial charge in [0.25, 0.3) is 0 Å². The highest BCUT2D eigenvalue weighted by atomic mass is 32.2. The summed E-state index contributed by atoms with van der Waals surface area (Å²) in [5.41, 5.74) is 1.61. The van der Waals surface area contributed by atoms with E-state index < -0.39 is 10.0 Å². The molecule has 0 spiro atoms. The third kappa shape index (κ3) is 3.98. The Morgan fingerprint density at radius 2 is 2.11 bits per heavy atom. The number of aromatic nitrogens is 5. The van der Waals surface area contributed by atoms with Crippen LogP contribution in [0.5, 0.6) is 0 Å². The minimum absolute atomic E-state index is 0.246. The highest BCUT2D eigenvalue weighted by molar-refractivity contribution is 7.98. The van der Waals surface area contributed by atoms with Crippen molar-refractivity contribution in [1.82, 2.24) is 28.6 Å². The molecule has 8 nitrogen and oxygen atoms in total. The number of benzene rings is 1. The van der Waals surface area contributed by atoms with E-state index in [0.29, 0.717) is 17.8 Å². The van der Waals surface area contributed by atoms with Gasteiger partial charge in [-0.15, -0.1) is 16.8 Å². The Morgan fingerprint density at radius 1 is 1.32 bits per heavy atom. The number of fused-ring (bicyclic) bond motifs is 1. The standard InChI is InChI=1S/C18H24N6O2S2/c1-5-9-23-13-19-21-18(23)27-12-17-20-15-11-14(28(25,26)22(3)4)7-8-16(15)24(17)10-6-2/h5,7-8,11,13H,1,6,9-10,12H2,2-4H3. The Kier molecular flexibility index (Phi) is 6.21. The van der Waals surface area contributed by atoms with E-state index in [1.54, 1.807) is 36.3 Å². The van der Waals surface area contributed by atoms with Gasteiger partial charge in [0.15, 0.2) is 5.16 Å². The average Bonchev–Trinajstić information content (AvgIpc) is 3.24. The Morgan fingerprint density at radius 3 is 2.79 bits per heavy atom. The van der Waals surface area contributed by atoms with Gasteiger partial charge >= 0.3 is 0 Å². The van der Waals surface area contributed by atoms with Gasteiger partial charge < -0.3 is 9.13 Å². The van der Waals surface area contributed by atoms with Crippen LogP contribution >= 0.6 is 11.8 Å². The second-order valence-corrected chi connectivity index (χ2v) is 9.56. The second kappa shape index (κ2) is 8.46. The predicted molar refractivity (Wildman–Crippen MR) is 111 cm³/mol. The number of rotatable bonds is 9. The molecule has 0 bridgehead atoms. The number of allylic oxidation sites excluding steroid dienone is 1. The maximum absolute atomic E-state index is 12.4. The predicted octanol–water partition coefficient (Wildman–Crippen LogP) is 2.77. The van der Waals surface area contributed by atoms with E-state index in [4.69, 9.17) is 4.98 Å². The van der Waals surface area contributed by atoms with Gasteiger partial charge in [0.1, 0.15) is 12.2 Å². The average molecular weight is 421 g/mol. The fraction of sp³-hybridized carbons (Fsp3) is 0.389. The molecular weight excluding hydrogens is 396 g/mol. The fourth-order valence-corrected chi connectivity index (χ4v) is 4.66. The highest BCUT2D eigenvalue weighted by Crippen LogP contribution is 2.26. The molecule has 1 aromatic carbocycles. The number of thioether (sulfide) groups is 1. The molecule has 0 radical (unpaired) electrons. The maximum Gasteiger partial charge on any atom is 0.242 e. The smallest absolute Gasteiger partial charge is 0.242 e. The first kappa shape index (κ1) is 20.6. The first-order chi connectivity index (χ1) is 13.4. The molecule has 3 rings (SSSR count). The van der Waals surface area contributed by atoms with Crippen molar-refractivity contribution >= 4 is 32.8 Å². The molecule has 0 N–H and O–H groups in total. The molecule has 2 aromatic heterocycles. The van der Waals surface area contributed by atoms with Gasteiger partial charge in [-0.2, -0.15) is 0 Å². The first-order valence-corrected chi connectivity index (χ1v) is 11.3. The van der Waals surface area contributed by atoms with Crippen LogP contribution in [0.4, 0.5) is 0 Å². The third-order valence-electron chi connectivity index (χ3n) is 4.26. The number of nitrogens with zero attached hydrogens (tertiary/aromatic N) is 6. The molecule has 0 saturated carbocycles. The molecule has 0 amide bonds. The molecule has 28 heavy (non-hydrogen) atoms. The summed E-state index contributed by atoms with van der Waals surface area (Å²) in [5.74, 6) is 1.50. The van der Waals surface area contributed by atoms with Gasteiger partial charge in [0, 0.05) is 27.2 Å². The van der Waals surface area contributed by atoms with Crippen LogP contribution in [0.25, 0.3) is 11.0 Å². The summed E-state index contributed by atoms with van der Waals surface area (Å²) < 4.78 is 30.1. The van der Waals surface area contributed by atoms with E-state index in [1.807, 2.05) is 10.6 Å². The normalized spacial score (nSPS) is 12.1. The van der Waals surface area contributed by atoms with Crippen LogP contribution in [-0.2, 0) is 28.9 Å². The van der Waals surface area contributed by atoms with Gasteiger partial charge in [0.2, 0.25) is 10.0 Å². The topological polar surface area (TPSA) is 85.9 Å². The summed E-state index contributed by atoms with van der Waals surface area (Å²) >= 11 is 1.55. The summed E-state index contributed by atoms with van der Waals surface area (Å²) in [6, 6.07) is 5.12. The largest absolute Gasteiger partial charge is 0.327 e. The zero-order chi connectivity index (χ0) is 20.3. The SMILES string of the molecule is C=CCn1cnnc1SCc1nc2cc(S(=O)(=O)N(C)C)ccc2n1CCC. The molecule has 150 valence electrons. The van der Waals surface area contributed by atoms with Gasteiger partial charge in [-0.3, -0.25) is 0 Å². The van der Waals surface area contributed by atoms with E-state index in [2.05, 4.69) is 28.3 Å². The summed E-state index contributed by atoms with van der Waals surface area (Å²) in [5, 5.41) is 8.90. The Bertz CT molecular complexity index is 1080. The van der Waals surface area contributed by atoms with Gasteiger partial charge in [0.05, 0.1) is 21.7 Å². The van der Waals surface area contributed by atoms with E-state index in [1.165, 1.54) is 18.4 Å². The van der Waals surface area contributed by atoms with Crippen molar-refractivity contribution in [3.05, 3.63) is 43.0 Å². The lowest BCUT2D eigenvalue weighted by Crippen LogP contribution is -2.22. The Balaban J connectivity index is 1.96. The lowest BCUT2D eigenvalue weighted by atomic mass is 10.3. The van der Waals surface area contributed by atoms with Crippen LogP contribution in [-0.4, -0.2) is 51.1 Å². The monoisotopic (exact) mass is 420 g/mol. The summed E-state index contributed by atoms with van der Waals surface area (Å²) in [4.78, 5) is 4.97. The Labute approximate surface area is 169 Å². The van der Waals surface area contributed by atoms with Crippen molar-refractivity contribution in [2.75, 3.05) is 14.1 Å². The lowest BCUT2D eigenvalue weighted by Gasteiger charge is -2.11. The summed E-state index contributed by atoms with van der Waals surface area (Å²) in [7, 11) is -0.447. The number of hydrogen-bond donors (Lipinski definition) is 0.